The summed E-state index contributed by atoms with van der Waals surface area (Å²) in [5.74, 6) is 1.04. The third-order valence-corrected chi connectivity index (χ3v) is 5.37. The van der Waals surface area contributed by atoms with Crippen LogP contribution < -0.4 is 20.7 Å². The van der Waals surface area contributed by atoms with E-state index in [1.165, 1.54) is 0 Å². The lowest BCUT2D eigenvalue weighted by Gasteiger charge is -2.29. The molecule has 2 heterocycles. The van der Waals surface area contributed by atoms with Crippen molar-refractivity contribution in [2.75, 3.05) is 43.6 Å². The number of carbonyl (C=O) groups is 1. The summed E-state index contributed by atoms with van der Waals surface area (Å²) in [6, 6.07) is 13.2. The van der Waals surface area contributed by atoms with Crippen LogP contribution in [0.3, 0.4) is 0 Å². The Hall–Kier alpha value is -3.10. The van der Waals surface area contributed by atoms with E-state index in [2.05, 4.69) is 16.3 Å². The van der Waals surface area contributed by atoms with Gasteiger partial charge in [-0.1, -0.05) is 13.0 Å². The normalized spacial score (nSPS) is 15.2. The molecule has 0 saturated carbocycles. The molecule has 1 atom stereocenters. The van der Waals surface area contributed by atoms with Crippen molar-refractivity contribution in [3.8, 4) is 11.4 Å². The number of morpholine rings is 1. The molecule has 4 rings (SSSR count). The first-order valence-corrected chi connectivity index (χ1v) is 10.2. The lowest BCUT2D eigenvalue weighted by atomic mass is 10.1. The van der Waals surface area contributed by atoms with E-state index in [-0.39, 0.29) is 5.91 Å². The Balaban J connectivity index is 1.85. The van der Waals surface area contributed by atoms with Crippen LogP contribution in [-0.2, 0) is 9.53 Å². The van der Waals surface area contributed by atoms with Gasteiger partial charge >= 0.3 is 0 Å². The second-order valence-electron chi connectivity index (χ2n) is 7.23. The second kappa shape index (κ2) is 8.73. The lowest BCUT2D eigenvalue weighted by molar-refractivity contribution is -0.117. The predicted octanol–water partition coefficient (Wildman–Crippen LogP) is 2.55. The number of aromatic nitrogens is 2. The van der Waals surface area contributed by atoms with Gasteiger partial charge in [-0.3, -0.25) is 4.79 Å². The fraction of sp³-hybridized carbons (Fsp3) is 0.364. The molecule has 8 nitrogen and oxygen atoms in total. The molecule has 1 saturated heterocycles. The molecular weight excluding hydrogens is 382 g/mol. The fourth-order valence-electron chi connectivity index (χ4n) is 3.62. The molecule has 2 aromatic carbocycles. The highest BCUT2D eigenvalue weighted by molar-refractivity contribution is 6.07. The fourth-order valence-corrected chi connectivity index (χ4v) is 3.62. The molecule has 8 heteroatoms. The van der Waals surface area contributed by atoms with E-state index in [0.717, 1.165) is 41.1 Å². The van der Waals surface area contributed by atoms with E-state index < -0.39 is 6.04 Å². The van der Waals surface area contributed by atoms with Crippen LogP contribution in [0.5, 0.6) is 5.75 Å². The molecule has 1 aliphatic rings. The zero-order valence-corrected chi connectivity index (χ0v) is 17.3. The number of hydrogen-bond acceptors (Lipinski definition) is 6. The van der Waals surface area contributed by atoms with Gasteiger partial charge in [0.1, 0.15) is 5.75 Å². The molecule has 3 N–H and O–H groups in total. The molecule has 1 aromatic heterocycles. The number of anilines is 2. The standard InChI is InChI=1S/C22H27N5O3/c1-3-17(23)22(28)24-21-20-18(26-11-13-30-14-12-26)5-4-6-19(20)27(25-21)15-7-9-16(29-2)10-8-15/h4-10,17H,3,11-14,23H2,1-2H3,(H,24,25,28)/t17-/m0/s1. The van der Waals surface area contributed by atoms with Crippen molar-refractivity contribution in [1.82, 2.24) is 9.78 Å². The molecule has 0 radical (unpaired) electrons. The molecule has 0 aliphatic carbocycles. The minimum absolute atomic E-state index is 0.240. The SMILES string of the molecule is CC[C@H](N)C(=O)Nc1nn(-c2ccc(OC)cc2)c2cccc(N3CCOCC3)c12. The molecule has 3 aromatic rings. The van der Waals surface area contributed by atoms with Crippen LogP contribution in [0.4, 0.5) is 11.5 Å². The maximum Gasteiger partial charge on any atom is 0.242 e. The van der Waals surface area contributed by atoms with Gasteiger partial charge in [0.25, 0.3) is 0 Å². The maximum absolute atomic E-state index is 12.6. The number of benzene rings is 2. The molecule has 0 bridgehead atoms. The van der Waals surface area contributed by atoms with Crippen molar-refractivity contribution in [2.45, 2.75) is 19.4 Å². The number of carbonyl (C=O) groups excluding carboxylic acids is 1. The van der Waals surface area contributed by atoms with Crippen LogP contribution in [0.1, 0.15) is 13.3 Å². The second-order valence-corrected chi connectivity index (χ2v) is 7.23. The Kier molecular flexibility index (Phi) is 5.87. The van der Waals surface area contributed by atoms with Crippen molar-refractivity contribution >= 4 is 28.3 Å². The number of rotatable bonds is 6. The van der Waals surface area contributed by atoms with Crippen LogP contribution in [0.15, 0.2) is 42.5 Å². The van der Waals surface area contributed by atoms with Crippen LogP contribution in [0, 0.1) is 0 Å². The Morgan fingerprint density at radius 3 is 2.63 bits per heavy atom. The highest BCUT2D eigenvalue weighted by atomic mass is 16.5. The van der Waals surface area contributed by atoms with Gasteiger partial charge in [-0.2, -0.15) is 0 Å². The summed E-state index contributed by atoms with van der Waals surface area (Å²) in [5, 5.41) is 8.60. The highest BCUT2D eigenvalue weighted by Gasteiger charge is 2.22. The first-order chi connectivity index (χ1) is 14.6. The van der Waals surface area contributed by atoms with Crippen molar-refractivity contribution in [3.63, 3.8) is 0 Å². The summed E-state index contributed by atoms with van der Waals surface area (Å²) in [6.45, 7) is 4.80. The van der Waals surface area contributed by atoms with Crippen LogP contribution >= 0.6 is 0 Å². The monoisotopic (exact) mass is 409 g/mol. The summed E-state index contributed by atoms with van der Waals surface area (Å²) in [4.78, 5) is 14.8. The molecular formula is C22H27N5O3. The summed E-state index contributed by atoms with van der Waals surface area (Å²) in [5.41, 5.74) is 8.76. The number of fused-ring (bicyclic) bond motifs is 1. The first kappa shape index (κ1) is 20.2. The summed E-state index contributed by atoms with van der Waals surface area (Å²) < 4.78 is 12.6. The molecule has 158 valence electrons. The number of nitrogens with one attached hydrogen (secondary N) is 1. The van der Waals surface area contributed by atoms with Gasteiger partial charge in [-0.05, 0) is 42.8 Å². The number of methoxy groups -OCH3 is 1. The van der Waals surface area contributed by atoms with Gasteiger partial charge in [0, 0.05) is 13.1 Å². The van der Waals surface area contributed by atoms with Gasteiger partial charge in [0.2, 0.25) is 5.91 Å². The van der Waals surface area contributed by atoms with E-state index in [1.54, 1.807) is 7.11 Å². The molecule has 1 amide bonds. The van der Waals surface area contributed by atoms with E-state index in [0.29, 0.717) is 25.5 Å². The molecule has 0 unspecified atom stereocenters. The Bertz CT molecular complexity index is 1030. The van der Waals surface area contributed by atoms with Crippen molar-refractivity contribution in [1.29, 1.82) is 0 Å². The van der Waals surface area contributed by atoms with Gasteiger partial charge in [0.05, 0.1) is 48.6 Å². The van der Waals surface area contributed by atoms with Gasteiger partial charge < -0.3 is 25.4 Å². The van der Waals surface area contributed by atoms with E-state index in [1.807, 2.05) is 48.0 Å². The number of ether oxygens (including phenoxy) is 2. The number of nitrogens with zero attached hydrogens (tertiary/aromatic N) is 3. The van der Waals surface area contributed by atoms with Crippen LogP contribution in [-0.4, -0.2) is 55.1 Å². The zero-order valence-electron chi connectivity index (χ0n) is 17.3. The van der Waals surface area contributed by atoms with Crippen molar-refractivity contribution in [3.05, 3.63) is 42.5 Å². The van der Waals surface area contributed by atoms with Crippen LogP contribution in [0.2, 0.25) is 0 Å². The van der Waals surface area contributed by atoms with E-state index >= 15 is 0 Å². The zero-order chi connectivity index (χ0) is 21.1. The number of nitrogens with two attached hydrogens (primary N) is 1. The Labute approximate surface area is 175 Å². The smallest absolute Gasteiger partial charge is 0.242 e. The highest BCUT2D eigenvalue weighted by Crippen LogP contribution is 2.35. The number of hydrogen-bond donors (Lipinski definition) is 2. The van der Waals surface area contributed by atoms with Crippen LogP contribution in [0.25, 0.3) is 16.6 Å². The summed E-state index contributed by atoms with van der Waals surface area (Å²) in [7, 11) is 1.64. The first-order valence-electron chi connectivity index (χ1n) is 10.2. The topological polar surface area (TPSA) is 94.6 Å². The van der Waals surface area contributed by atoms with E-state index in [4.69, 9.17) is 20.3 Å². The Morgan fingerprint density at radius 1 is 1.23 bits per heavy atom. The summed E-state index contributed by atoms with van der Waals surface area (Å²) >= 11 is 0. The molecule has 30 heavy (non-hydrogen) atoms. The average molecular weight is 409 g/mol. The lowest BCUT2D eigenvalue weighted by Crippen LogP contribution is -2.36. The van der Waals surface area contributed by atoms with E-state index in [9.17, 15) is 4.79 Å². The maximum atomic E-state index is 12.6. The average Bonchev–Trinajstić information content (AvgIpc) is 3.17. The molecule has 1 fully saturated rings. The third kappa shape index (κ3) is 3.83. The van der Waals surface area contributed by atoms with Crippen molar-refractivity contribution in [2.24, 2.45) is 5.73 Å². The van der Waals surface area contributed by atoms with Gasteiger partial charge in [-0.25, -0.2) is 4.68 Å². The summed E-state index contributed by atoms with van der Waals surface area (Å²) in [6.07, 6.45) is 0.555. The van der Waals surface area contributed by atoms with Crippen molar-refractivity contribution < 1.29 is 14.3 Å². The minimum Gasteiger partial charge on any atom is -0.497 e. The Morgan fingerprint density at radius 2 is 1.97 bits per heavy atom. The van der Waals surface area contributed by atoms with Gasteiger partial charge in [-0.15, -0.1) is 5.10 Å². The molecule has 1 aliphatic heterocycles. The third-order valence-electron chi connectivity index (χ3n) is 5.37. The number of amides is 1. The predicted molar refractivity (Wildman–Crippen MR) is 118 cm³/mol. The minimum atomic E-state index is -0.582. The quantitative estimate of drug-likeness (QED) is 0.650. The molecule has 0 spiro atoms. The largest absolute Gasteiger partial charge is 0.497 e. The van der Waals surface area contributed by atoms with Gasteiger partial charge in [0.15, 0.2) is 5.82 Å².